The van der Waals surface area contributed by atoms with Crippen molar-refractivity contribution in [2.75, 3.05) is 11.9 Å². The minimum absolute atomic E-state index is 0.153. The first-order valence-electron chi connectivity index (χ1n) is 7.44. The van der Waals surface area contributed by atoms with Crippen molar-refractivity contribution < 1.29 is 18.7 Å². The van der Waals surface area contributed by atoms with Crippen LogP contribution in [0.4, 0.5) is 10.1 Å². The van der Waals surface area contributed by atoms with E-state index in [4.69, 9.17) is 4.74 Å². The molecule has 0 aliphatic carbocycles. The Morgan fingerprint density at radius 1 is 1.00 bits per heavy atom. The monoisotopic (exact) mass is 401 g/mol. The Kier molecular flexibility index (Phi) is 5.09. The molecule has 0 aliphatic rings. The summed E-state index contributed by atoms with van der Waals surface area (Å²) in [7, 11) is 0. The molecule has 0 saturated carbocycles. The number of hydrogen-bond acceptors (Lipinski definition) is 3. The number of carbonyl (C=O) groups excluding carboxylic acids is 2. The molecule has 4 nitrogen and oxygen atoms in total. The van der Waals surface area contributed by atoms with E-state index < -0.39 is 24.3 Å². The number of halogens is 2. The first-order chi connectivity index (χ1) is 12.0. The summed E-state index contributed by atoms with van der Waals surface area (Å²) in [6, 6.07) is 16.9. The molecule has 0 spiro atoms. The zero-order valence-corrected chi connectivity index (χ0v) is 14.5. The SMILES string of the molecule is O=C(COC(=O)c1ccc(F)cc1Br)Nc1ccc2ccccc2c1. The number of fused-ring (bicyclic) bond motifs is 1. The molecule has 0 aromatic heterocycles. The Hall–Kier alpha value is -2.73. The van der Waals surface area contributed by atoms with Gasteiger partial charge >= 0.3 is 5.97 Å². The maximum Gasteiger partial charge on any atom is 0.339 e. The number of amides is 1. The minimum atomic E-state index is -0.708. The molecule has 0 saturated heterocycles. The third kappa shape index (κ3) is 4.22. The zero-order chi connectivity index (χ0) is 17.8. The van der Waals surface area contributed by atoms with Gasteiger partial charge in [-0.25, -0.2) is 9.18 Å². The Balaban J connectivity index is 1.61. The Morgan fingerprint density at radius 2 is 1.76 bits per heavy atom. The lowest BCUT2D eigenvalue weighted by Crippen LogP contribution is -2.21. The molecule has 0 aliphatic heterocycles. The molecule has 1 amide bonds. The van der Waals surface area contributed by atoms with Crippen LogP contribution in [0.15, 0.2) is 65.1 Å². The van der Waals surface area contributed by atoms with Crippen LogP contribution < -0.4 is 5.32 Å². The summed E-state index contributed by atoms with van der Waals surface area (Å²) in [5.74, 6) is -1.64. The first-order valence-corrected chi connectivity index (χ1v) is 8.23. The van der Waals surface area contributed by atoms with Crippen LogP contribution in [0.25, 0.3) is 10.8 Å². The second-order valence-corrected chi connectivity index (χ2v) is 6.16. The number of ether oxygens (including phenoxy) is 1. The highest BCUT2D eigenvalue weighted by molar-refractivity contribution is 9.10. The minimum Gasteiger partial charge on any atom is -0.452 e. The third-order valence-electron chi connectivity index (χ3n) is 3.52. The fraction of sp³-hybridized carbons (Fsp3) is 0.0526. The van der Waals surface area contributed by atoms with Crippen molar-refractivity contribution in [3.63, 3.8) is 0 Å². The Bertz CT molecular complexity index is 958. The van der Waals surface area contributed by atoms with Gasteiger partial charge in [-0.1, -0.05) is 30.3 Å². The molecule has 0 bridgehead atoms. The highest BCUT2D eigenvalue weighted by Crippen LogP contribution is 2.20. The highest BCUT2D eigenvalue weighted by atomic mass is 79.9. The molecule has 3 rings (SSSR count). The summed E-state index contributed by atoms with van der Waals surface area (Å²) >= 11 is 3.09. The van der Waals surface area contributed by atoms with Gasteiger partial charge in [-0.15, -0.1) is 0 Å². The molecular weight excluding hydrogens is 389 g/mol. The van der Waals surface area contributed by atoms with Gasteiger partial charge in [-0.3, -0.25) is 4.79 Å². The molecular formula is C19H13BrFNO3. The van der Waals surface area contributed by atoms with Gasteiger partial charge in [-0.05, 0) is 57.0 Å². The second kappa shape index (κ2) is 7.44. The molecule has 0 atom stereocenters. The fourth-order valence-electron chi connectivity index (χ4n) is 2.33. The van der Waals surface area contributed by atoms with Gasteiger partial charge in [0.2, 0.25) is 0 Å². The first kappa shape index (κ1) is 17.1. The number of nitrogens with one attached hydrogen (secondary N) is 1. The molecule has 126 valence electrons. The molecule has 0 radical (unpaired) electrons. The van der Waals surface area contributed by atoms with Crippen molar-refractivity contribution in [2.24, 2.45) is 0 Å². The van der Waals surface area contributed by atoms with Gasteiger partial charge in [0, 0.05) is 10.2 Å². The Labute approximate surface area is 151 Å². The van der Waals surface area contributed by atoms with Crippen molar-refractivity contribution in [3.05, 3.63) is 76.5 Å². The summed E-state index contributed by atoms with van der Waals surface area (Å²) < 4.78 is 18.3. The molecule has 3 aromatic rings. The predicted molar refractivity (Wildman–Crippen MR) is 97.0 cm³/mol. The van der Waals surface area contributed by atoms with Crippen LogP contribution in [-0.2, 0) is 9.53 Å². The van der Waals surface area contributed by atoms with Crippen molar-refractivity contribution in [3.8, 4) is 0 Å². The van der Waals surface area contributed by atoms with Gasteiger partial charge in [-0.2, -0.15) is 0 Å². The van der Waals surface area contributed by atoms with Gasteiger partial charge in [0.1, 0.15) is 5.82 Å². The summed E-state index contributed by atoms with van der Waals surface area (Å²) in [4.78, 5) is 23.9. The van der Waals surface area contributed by atoms with Crippen molar-refractivity contribution in [1.29, 1.82) is 0 Å². The number of hydrogen-bond donors (Lipinski definition) is 1. The zero-order valence-electron chi connectivity index (χ0n) is 13.0. The topological polar surface area (TPSA) is 55.4 Å². The van der Waals surface area contributed by atoms with E-state index >= 15 is 0 Å². The van der Waals surface area contributed by atoms with Crippen LogP contribution in [0, 0.1) is 5.82 Å². The van der Waals surface area contributed by atoms with E-state index in [0.29, 0.717) is 5.69 Å². The predicted octanol–water partition coefficient (Wildman–Crippen LogP) is 4.54. The smallest absolute Gasteiger partial charge is 0.339 e. The molecule has 0 unspecified atom stereocenters. The van der Waals surface area contributed by atoms with E-state index in [1.54, 1.807) is 6.07 Å². The average Bonchev–Trinajstić information content (AvgIpc) is 2.59. The molecule has 1 N–H and O–H groups in total. The molecule has 0 heterocycles. The second-order valence-electron chi connectivity index (χ2n) is 5.31. The van der Waals surface area contributed by atoms with E-state index in [1.165, 1.54) is 6.07 Å². The normalized spacial score (nSPS) is 10.5. The van der Waals surface area contributed by atoms with E-state index in [0.717, 1.165) is 22.9 Å². The molecule has 6 heteroatoms. The van der Waals surface area contributed by atoms with Crippen LogP contribution in [0.1, 0.15) is 10.4 Å². The number of carbonyl (C=O) groups is 2. The lowest BCUT2D eigenvalue weighted by Gasteiger charge is -2.08. The van der Waals surface area contributed by atoms with Gasteiger partial charge in [0.25, 0.3) is 5.91 Å². The van der Waals surface area contributed by atoms with E-state index in [2.05, 4.69) is 21.2 Å². The van der Waals surface area contributed by atoms with Crippen molar-refractivity contribution in [2.45, 2.75) is 0 Å². The van der Waals surface area contributed by atoms with Crippen LogP contribution >= 0.6 is 15.9 Å². The summed E-state index contributed by atoms with van der Waals surface area (Å²) in [5, 5.41) is 4.73. The van der Waals surface area contributed by atoms with Crippen molar-refractivity contribution in [1.82, 2.24) is 0 Å². The summed E-state index contributed by atoms with van der Waals surface area (Å²) in [6.45, 7) is -0.435. The van der Waals surface area contributed by atoms with Gasteiger partial charge in [0.05, 0.1) is 5.56 Å². The number of rotatable bonds is 4. The van der Waals surface area contributed by atoms with Crippen LogP contribution in [0.3, 0.4) is 0 Å². The van der Waals surface area contributed by atoms with Gasteiger partial charge in [0.15, 0.2) is 6.61 Å². The third-order valence-corrected chi connectivity index (χ3v) is 4.17. The van der Waals surface area contributed by atoms with E-state index in [-0.39, 0.29) is 10.0 Å². The number of esters is 1. The average molecular weight is 402 g/mol. The molecule has 25 heavy (non-hydrogen) atoms. The fourth-order valence-corrected chi connectivity index (χ4v) is 2.84. The molecule has 0 fully saturated rings. The highest BCUT2D eigenvalue weighted by Gasteiger charge is 2.14. The van der Waals surface area contributed by atoms with Crippen LogP contribution in [0.2, 0.25) is 0 Å². The summed E-state index contributed by atoms with van der Waals surface area (Å²) in [6.07, 6.45) is 0. The van der Waals surface area contributed by atoms with Crippen molar-refractivity contribution >= 4 is 44.3 Å². The van der Waals surface area contributed by atoms with Crippen LogP contribution in [-0.4, -0.2) is 18.5 Å². The van der Waals surface area contributed by atoms with Crippen LogP contribution in [0.5, 0.6) is 0 Å². The van der Waals surface area contributed by atoms with Gasteiger partial charge < -0.3 is 10.1 Å². The number of anilines is 1. The lowest BCUT2D eigenvalue weighted by molar-refractivity contribution is -0.119. The Morgan fingerprint density at radius 3 is 2.52 bits per heavy atom. The maximum absolute atomic E-state index is 13.0. The lowest BCUT2D eigenvalue weighted by atomic mass is 10.1. The summed E-state index contributed by atoms with van der Waals surface area (Å²) in [5.41, 5.74) is 0.766. The quantitative estimate of drug-likeness (QED) is 0.653. The largest absolute Gasteiger partial charge is 0.452 e. The van der Waals surface area contributed by atoms with E-state index in [9.17, 15) is 14.0 Å². The standard InChI is InChI=1S/C19H13BrFNO3/c20-17-10-14(21)6-8-16(17)19(24)25-11-18(23)22-15-7-5-12-3-1-2-4-13(12)9-15/h1-10H,11H2,(H,22,23). The van der Waals surface area contributed by atoms with E-state index in [1.807, 2.05) is 36.4 Å². The maximum atomic E-state index is 13.0. The number of benzene rings is 3. The molecule has 3 aromatic carbocycles.